The molecule has 2 aromatic rings. The van der Waals surface area contributed by atoms with Crippen LogP contribution in [0.25, 0.3) is 0 Å². The van der Waals surface area contributed by atoms with E-state index in [0.717, 1.165) is 0 Å². The van der Waals surface area contributed by atoms with Gasteiger partial charge in [-0.05, 0) is 0 Å². The molecule has 0 amide bonds. The average molecular weight is 297 g/mol. The number of carbonyl (C=O) groups excluding carboxylic acids is 3. The van der Waals surface area contributed by atoms with E-state index in [1.165, 1.54) is 11.1 Å². The van der Waals surface area contributed by atoms with Crippen LogP contribution in [0.15, 0.2) is 48.5 Å². The summed E-state index contributed by atoms with van der Waals surface area (Å²) >= 11 is 0. The fourth-order valence-electron chi connectivity index (χ4n) is 0.940. The summed E-state index contributed by atoms with van der Waals surface area (Å²) in [4.78, 5) is 22.5. The predicted octanol–water partition coefficient (Wildman–Crippen LogP) is 2.23. The predicted molar refractivity (Wildman–Crippen MR) is 70.6 cm³/mol. The Morgan fingerprint density at radius 1 is 0.579 bits per heavy atom. The summed E-state index contributed by atoms with van der Waals surface area (Å²) in [7, 11) is 0. The zero-order chi connectivity index (χ0) is 14.8. The van der Waals surface area contributed by atoms with Gasteiger partial charge in [0.2, 0.25) is 0 Å². The monoisotopic (exact) mass is 297 g/mol. The summed E-state index contributed by atoms with van der Waals surface area (Å²) in [5, 5.41) is 0. The molecule has 0 N–H and O–H groups in total. The molecule has 4 heteroatoms. The first-order chi connectivity index (χ1) is 8.79. The molecule has 0 aliphatic rings. The van der Waals surface area contributed by atoms with Crippen LogP contribution < -0.4 is 0 Å². The molecule has 0 aliphatic carbocycles. The second-order valence-corrected chi connectivity index (χ2v) is 2.92. The van der Waals surface area contributed by atoms with Crippen molar-refractivity contribution in [2.45, 2.75) is 13.8 Å². The summed E-state index contributed by atoms with van der Waals surface area (Å²) in [6, 6.07) is 16.5. The van der Waals surface area contributed by atoms with Crippen LogP contribution in [0.2, 0.25) is 0 Å². The van der Waals surface area contributed by atoms with Crippen molar-refractivity contribution in [2.24, 2.45) is 0 Å². The first kappa shape index (κ1) is 25.9. The molecule has 99 valence electrons. The SMILES string of the molecule is C[c-]1cccc1.C[c-]1cccc1.[C]=O.[C]=O.[C]=O.[Mn+2]. The maximum atomic E-state index is 7.50. The van der Waals surface area contributed by atoms with E-state index >= 15 is 0 Å². The van der Waals surface area contributed by atoms with E-state index in [2.05, 4.69) is 58.5 Å². The standard InChI is InChI=1S/2C6H7.3CO.Mn/c2*1-6-4-2-3-5-6;3*1-2;/h2*2-5H,1H3;;;;/q2*-1;;;;+2. The van der Waals surface area contributed by atoms with Gasteiger partial charge < -0.3 is 0 Å². The average Bonchev–Trinajstić information content (AvgIpc) is 3.11. The van der Waals surface area contributed by atoms with E-state index in [1.54, 1.807) is 0 Å². The molecule has 0 spiro atoms. The van der Waals surface area contributed by atoms with Gasteiger partial charge in [0, 0.05) is 0 Å². The van der Waals surface area contributed by atoms with Gasteiger partial charge in [-0.3, -0.25) is 14.4 Å². The fourth-order valence-corrected chi connectivity index (χ4v) is 0.940. The zero-order valence-corrected chi connectivity index (χ0v) is 11.9. The largest absolute Gasteiger partial charge is 2.00 e. The first-order valence-corrected chi connectivity index (χ1v) is 4.77. The molecule has 19 heavy (non-hydrogen) atoms. The van der Waals surface area contributed by atoms with Crippen molar-refractivity contribution in [3.63, 3.8) is 0 Å². The van der Waals surface area contributed by atoms with Crippen LogP contribution in [0.4, 0.5) is 0 Å². The summed E-state index contributed by atoms with van der Waals surface area (Å²) in [5.41, 5.74) is 2.69. The number of aryl methyl sites for hydroxylation is 2. The smallest absolute Gasteiger partial charge is 0.281 e. The van der Waals surface area contributed by atoms with Crippen LogP contribution in [-0.4, -0.2) is 20.4 Å². The maximum Gasteiger partial charge on any atom is 2.00 e. The summed E-state index contributed by atoms with van der Waals surface area (Å²) in [6.07, 6.45) is 0. The van der Waals surface area contributed by atoms with Gasteiger partial charge >= 0.3 is 17.1 Å². The van der Waals surface area contributed by atoms with Crippen molar-refractivity contribution in [3.8, 4) is 0 Å². The molecule has 7 radical (unpaired) electrons. The molecular weight excluding hydrogens is 283 g/mol. The minimum atomic E-state index is 0. The third-order valence-electron chi connectivity index (χ3n) is 1.66. The van der Waals surface area contributed by atoms with E-state index in [9.17, 15) is 0 Å². The van der Waals surface area contributed by atoms with Gasteiger partial charge in [0.05, 0.1) is 0 Å². The molecule has 0 heterocycles. The molecule has 2 rings (SSSR count). The summed E-state index contributed by atoms with van der Waals surface area (Å²) in [6.45, 7) is 17.7. The minimum absolute atomic E-state index is 0. The van der Waals surface area contributed by atoms with Crippen LogP contribution >= 0.6 is 0 Å². The Hall–Kier alpha value is -1.77. The van der Waals surface area contributed by atoms with Gasteiger partial charge in [-0.15, -0.1) is 0 Å². The molecule has 0 saturated heterocycles. The molecule has 0 aromatic heterocycles. The van der Waals surface area contributed by atoms with Crippen molar-refractivity contribution < 1.29 is 31.5 Å². The molecule has 2 aromatic carbocycles. The minimum Gasteiger partial charge on any atom is -0.281 e. The van der Waals surface area contributed by atoms with Crippen molar-refractivity contribution in [3.05, 3.63) is 59.7 Å². The summed E-state index contributed by atoms with van der Waals surface area (Å²) < 4.78 is 0. The quantitative estimate of drug-likeness (QED) is 0.553. The fraction of sp³-hybridized carbons (Fsp3) is 0.133. The van der Waals surface area contributed by atoms with E-state index in [1.807, 2.05) is 24.3 Å². The number of rotatable bonds is 0. The molecule has 0 bridgehead atoms. The Balaban J connectivity index is -0.0000000825. The van der Waals surface area contributed by atoms with Crippen molar-refractivity contribution in [2.75, 3.05) is 0 Å². The third kappa shape index (κ3) is 22.0. The Morgan fingerprint density at radius 3 is 0.789 bits per heavy atom. The van der Waals surface area contributed by atoms with Crippen LogP contribution in [0.3, 0.4) is 0 Å². The molecule has 0 unspecified atom stereocenters. The Labute approximate surface area is 125 Å². The van der Waals surface area contributed by atoms with Crippen LogP contribution in [0.5, 0.6) is 0 Å². The molecule has 3 nitrogen and oxygen atoms in total. The van der Waals surface area contributed by atoms with E-state index in [-0.39, 0.29) is 17.1 Å². The van der Waals surface area contributed by atoms with Gasteiger partial charge in [-0.2, -0.15) is 35.4 Å². The summed E-state index contributed by atoms with van der Waals surface area (Å²) in [5.74, 6) is 0. The molecular formula is C15H14MnO3. The van der Waals surface area contributed by atoms with Crippen molar-refractivity contribution >= 4 is 20.4 Å². The van der Waals surface area contributed by atoms with Gasteiger partial charge in [-0.25, -0.2) is 24.3 Å². The normalized spacial score (nSPS) is 6.21. The van der Waals surface area contributed by atoms with Crippen molar-refractivity contribution in [1.82, 2.24) is 0 Å². The van der Waals surface area contributed by atoms with E-state index in [4.69, 9.17) is 14.4 Å². The number of hydrogen-bond acceptors (Lipinski definition) is 3. The molecule has 0 fully saturated rings. The first-order valence-electron chi connectivity index (χ1n) is 4.77. The van der Waals surface area contributed by atoms with E-state index in [0.29, 0.717) is 0 Å². The van der Waals surface area contributed by atoms with Gasteiger partial charge in [0.1, 0.15) is 0 Å². The zero-order valence-electron chi connectivity index (χ0n) is 10.7. The third-order valence-corrected chi connectivity index (χ3v) is 1.66. The maximum absolute atomic E-state index is 7.50. The Bertz CT molecular complexity index is 291. The van der Waals surface area contributed by atoms with Gasteiger partial charge in [0.15, 0.2) is 0 Å². The van der Waals surface area contributed by atoms with Crippen LogP contribution in [0.1, 0.15) is 11.1 Å². The van der Waals surface area contributed by atoms with Crippen LogP contribution in [0, 0.1) is 13.8 Å². The van der Waals surface area contributed by atoms with Gasteiger partial charge in [-0.1, -0.05) is 13.8 Å². The van der Waals surface area contributed by atoms with E-state index < -0.39 is 0 Å². The molecule has 0 atom stereocenters. The molecule has 0 aliphatic heterocycles. The second kappa shape index (κ2) is 25.2. The molecule has 0 saturated carbocycles. The topological polar surface area (TPSA) is 51.2 Å². The second-order valence-electron chi connectivity index (χ2n) is 2.92. The number of hydrogen-bond donors (Lipinski definition) is 0. The van der Waals surface area contributed by atoms with Gasteiger partial charge in [0.25, 0.3) is 20.4 Å². The van der Waals surface area contributed by atoms with Crippen molar-refractivity contribution in [1.29, 1.82) is 0 Å². The Kier molecular flexibility index (Phi) is 34.3. The van der Waals surface area contributed by atoms with Crippen LogP contribution in [-0.2, 0) is 31.5 Å². The Morgan fingerprint density at radius 2 is 0.737 bits per heavy atom.